The van der Waals surface area contributed by atoms with Crippen LogP contribution in [0.2, 0.25) is 0 Å². The summed E-state index contributed by atoms with van der Waals surface area (Å²) >= 11 is 0. The lowest BCUT2D eigenvalue weighted by Crippen LogP contribution is -2.18. The first-order chi connectivity index (χ1) is 12.7. The predicted molar refractivity (Wildman–Crippen MR) is 105 cm³/mol. The number of rotatable bonds is 5. The normalized spacial score (nSPS) is 13.8. The molecule has 1 fully saturated rings. The maximum Gasteiger partial charge on any atom is 0.160 e. The molecule has 0 atom stereocenters. The molecule has 4 heteroatoms. The van der Waals surface area contributed by atoms with E-state index in [2.05, 4.69) is 33.6 Å². The van der Waals surface area contributed by atoms with Crippen molar-refractivity contribution in [2.45, 2.75) is 58.4 Å². The van der Waals surface area contributed by atoms with Crippen LogP contribution in [0.5, 0.6) is 0 Å². The van der Waals surface area contributed by atoms with Crippen molar-refractivity contribution in [1.82, 2.24) is 14.5 Å². The molecule has 0 spiro atoms. The van der Waals surface area contributed by atoms with E-state index in [0.29, 0.717) is 24.7 Å². The lowest BCUT2D eigenvalue weighted by atomic mass is 9.93. The number of hydrogen-bond donors (Lipinski definition) is 0. The van der Waals surface area contributed by atoms with Crippen LogP contribution in [-0.2, 0) is 11.2 Å². The second-order valence-electron chi connectivity index (χ2n) is 6.84. The van der Waals surface area contributed by atoms with Gasteiger partial charge in [-0.25, -0.2) is 9.97 Å². The topological polar surface area (TPSA) is 47.8 Å². The summed E-state index contributed by atoms with van der Waals surface area (Å²) < 4.78 is 2.29. The lowest BCUT2D eigenvalue weighted by molar-refractivity contribution is -0.118. The lowest BCUT2D eigenvalue weighted by Gasteiger charge is -2.28. The first kappa shape index (κ1) is 18.3. The van der Waals surface area contributed by atoms with Gasteiger partial charge in [0.2, 0.25) is 0 Å². The second-order valence-corrected chi connectivity index (χ2v) is 6.84. The number of Topliss-reactive ketones (excluding diaryl/α,β-unsaturated/α-hetero) is 1. The Labute approximate surface area is 155 Å². The number of aryl methyl sites for hydroxylation is 2. The zero-order valence-electron chi connectivity index (χ0n) is 15.7. The molecular formula is C22H27N3O. The minimum absolute atomic E-state index is 0.346. The number of ketones is 1. The molecule has 1 aromatic carbocycles. The highest BCUT2D eigenvalue weighted by molar-refractivity contribution is 5.78. The van der Waals surface area contributed by atoms with Crippen LogP contribution in [0.3, 0.4) is 0 Å². The van der Waals surface area contributed by atoms with E-state index in [1.807, 2.05) is 43.5 Å². The van der Waals surface area contributed by atoms with Crippen LogP contribution in [0.15, 0.2) is 48.7 Å². The predicted octanol–water partition coefficient (Wildman–Crippen LogP) is 5.06. The highest BCUT2D eigenvalue weighted by Gasteiger charge is 2.23. The van der Waals surface area contributed by atoms with Gasteiger partial charge in [-0.1, -0.05) is 37.3 Å². The fourth-order valence-corrected chi connectivity index (χ4v) is 3.23. The van der Waals surface area contributed by atoms with E-state index < -0.39 is 0 Å². The Morgan fingerprint density at radius 3 is 2.58 bits per heavy atom. The number of hydrogen-bond acceptors (Lipinski definition) is 3. The van der Waals surface area contributed by atoms with Crippen LogP contribution in [0.1, 0.15) is 56.5 Å². The summed E-state index contributed by atoms with van der Waals surface area (Å²) in [7, 11) is 0. The molecule has 4 nitrogen and oxygen atoms in total. The molecule has 4 rings (SSSR count). The number of aromatic nitrogens is 3. The molecule has 0 unspecified atom stereocenters. The van der Waals surface area contributed by atoms with Gasteiger partial charge in [-0.3, -0.25) is 4.79 Å². The molecule has 0 bridgehead atoms. The molecule has 1 aliphatic rings. The Balaban J connectivity index is 0.000000153. The standard InChI is InChI=1S/C11H13N3.C11H14O/c1-8-13-10-6-3-7-12-11(10)14(8)9-4-2-5-9;1-2-11(12)9-8-10-6-4-3-5-7-10/h3,6-7,9H,2,4-5H2,1H3;3-7H,2,8-9H2,1H3. The molecule has 0 radical (unpaired) electrons. The van der Waals surface area contributed by atoms with E-state index in [4.69, 9.17) is 0 Å². The van der Waals surface area contributed by atoms with Crippen molar-refractivity contribution in [1.29, 1.82) is 0 Å². The summed E-state index contributed by atoms with van der Waals surface area (Å²) in [5.41, 5.74) is 3.32. The van der Waals surface area contributed by atoms with Gasteiger partial charge < -0.3 is 4.57 Å². The molecule has 26 heavy (non-hydrogen) atoms. The van der Waals surface area contributed by atoms with Gasteiger partial charge in [0, 0.05) is 25.1 Å². The number of imidazole rings is 1. The zero-order valence-corrected chi connectivity index (χ0v) is 15.7. The van der Waals surface area contributed by atoms with Crippen LogP contribution in [-0.4, -0.2) is 20.3 Å². The number of fused-ring (bicyclic) bond motifs is 1. The van der Waals surface area contributed by atoms with E-state index >= 15 is 0 Å². The summed E-state index contributed by atoms with van der Waals surface area (Å²) in [6.45, 7) is 3.98. The van der Waals surface area contributed by atoms with Crippen molar-refractivity contribution < 1.29 is 4.79 Å². The number of benzene rings is 1. The van der Waals surface area contributed by atoms with Gasteiger partial charge in [-0.15, -0.1) is 0 Å². The van der Waals surface area contributed by atoms with Gasteiger partial charge in [0.1, 0.15) is 17.1 Å². The maximum atomic E-state index is 11.0. The van der Waals surface area contributed by atoms with Crippen molar-refractivity contribution in [2.24, 2.45) is 0 Å². The van der Waals surface area contributed by atoms with Gasteiger partial charge in [0.25, 0.3) is 0 Å². The first-order valence-electron chi connectivity index (χ1n) is 9.54. The van der Waals surface area contributed by atoms with E-state index in [1.54, 1.807) is 0 Å². The first-order valence-corrected chi connectivity index (χ1v) is 9.54. The van der Waals surface area contributed by atoms with Gasteiger partial charge in [0.15, 0.2) is 5.65 Å². The Morgan fingerprint density at radius 1 is 1.15 bits per heavy atom. The van der Waals surface area contributed by atoms with Gasteiger partial charge in [-0.2, -0.15) is 0 Å². The van der Waals surface area contributed by atoms with Gasteiger partial charge >= 0.3 is 0 Å². The molecule has 1 aliphatic carbocycles. The molecule has 0 amide bonds. The van der Waals surface area contributed by atoms with Crippen molar-refractivity contribution >= 4 is 16.9 Å². The zero-order chi connectivity index (χ0) is 18.4. The van der Waals surface area contributed by atoms with Gasteiger partial charge in [-0.05, 0) is 50.3 Å². The number of carbonyl (C=O) groups excluding carboxylic acids is 1. The van der Waals surface area contributed by atoms with Crippen molar-refractivity contribution in [3.8, 4) is 0 Å². The maximum absolute atomic E-state index is 11.0. The Kier molecular flexibility index (Phi) is 6.16. The van der Waals surface area contributed by atoms with Crippen LogP contribution in [0, 0.1) is 6.92 Å². The molecule has 0 N–H and O–H groups in total. The van der Waals surface area contributed by atoms with E-state index in [9.17, 15) is 4.79 Å². The van der Waals surface area contributed by atoms with Crippen molar-refractivity contribution in [3.05, 3.63) is 60.0 Å². The molecular weight excluding hydrogens is 322 g/mol. The minimum Gasteiger partial charge on any atom is -0.310 e. The van der Waals surface area contributed by atoms with E-state index in [0.717, 1.165) is 23.4 Å². The molecule has 2 heterocycles. The Hall–Kier alpha value is -2.49. The minimum atomic E-state index is 0.346. The third-order valence-corrected chi connectivity index (χ3v) is 4.99. The quantitative estimate of drug-likeness (QED) is 0.646. The third-order valence-electron chi connectivity index (χ3n) is 4.99. The smallest absolute Gasteiger partial charge is 0.160 e. The molecule has 0 aliphatic heterocycles. The second kappa shape index (κ2) is 8.75. The molecule has 2 aromatic heterocycles. The van der Waals surface area contributed by atoms with Crippen LogP contribution < -0.4 is 0 Å². The van der Waals surface area contributed by atoms with Gasteiger partial charge in [0.05, 0.1) is 0 Å². The molecule has 3 aromatic rings. The summed E-state index contributed by atoms with van der Waals surface area (Å²) in [4.78, 5) is 19.9. The Morgan fingerprint density at radius 2 is 1.92 bits per heavy atom. The Bertz CT molecular complexity index is 850. The fraction of sp³-hybridized carbons (Fsp3) is 0.409. The molecule has 136 valence electrons. The summed E-state index contributed by atoms with van der Waals surface area (Å²) in [6, 6.07) is 14.7. The highest BCUT2D eigenvalue weighted by Crippen LogP contribution is 2.34. The van der Waals surface area contributed by atoms with E-state index in [1.165, 1.54) is 24.8 Å². The van der Waals surface area contributed by atoms with E-state index in [-0.39, 0.29) is 0 Å². The number of carbonyl (C=O) groups is 1. The van der Waals surface area contributed by atoms with Crippen molar-refractivity contribution in [2.75, 3.05) is 0 Å². The summed E-state index contributed by atoms with van der Waals surface area (Å²) in [6.07, 6.45) is 7.97. The average Bonchev–Trinajstić information content (AvgIpc) is 2.96. The van der Waals surface area contributed by atoms with Crippen LogP contribution in [0.4, 0.5) is 0 Å². The average molecular weight is 349 g/mol. The number of pyridine rings is 1. The third kappa shape index (κ3) is 4.37. The van der Waals surface area contributed by atoms with Crippen LogP contribution in [0.25, 0.3) is 11.2 Å². The van der Waals surface area contributed by atoms with Crippen molar-refractivity contribution in [3.63, 3.8) is 0 Å². The molecule has 1 saturated carbocycles. The monoisotopic (exact) mass is 349 g/mol. The largest absolute Gasteiger partial charge is 0.310 e. The fourth-order valence-electron chi connectivity index (χ4n) is 3.23. The number of nitrogens with zero attached hydrogens (tertiary/aromatic N) is 3. The molecule has 0 saturated heterocycles. The SMILES string of the molecule is CCC(=O)CCc1ccccc1.Cc1nc2cccnc2n1C1CCC1. The highest BCUT2D eigenvalue weighted by atomic mass is 16.1. The summed E-state index contributed by atoms with van der Waals surface area (Å²) in [5.74, 6) is 1.45. The van der Waals surface area contributed by atoms with Crippen LogP contribution >= 0.6 is 0 Å². The summed E-state index contributed by atoms with van der Waals surface area (Å²) in [5, 5.41) is 0.